The summed E-state index contributed by atoms with van der Waals surface area (Å²) in [5.74, 6) is -21.0. The van der Waals surface area contributed by atoms with Gasteiger partial charge in [-0.25, -0.2) is 4.79 Å². The Morgan fingerprint density at radius 3 is 1.64 bits per heavy atom. The molecule has 366 valence electrons. The third-order valence-electron chi connectivity index (χ3n) is 14.1. The zero-order chi connectivity index (χ0) is 49.1. The van der Waals surface area contributed by atoms with Gasteiger partial charge < -0.3 is 29.5 Å². The lowest BCUT2D eigenvalue weighted by Crippen LogP contribution is -2.65. The van der Waals surface area contributed by atoms with Gasteiger partial charge in [0.25, 0.3) is 0 Å². The predicted octanol–water partition coefficient (Wildman–Crippen LogP) is 10.8. The molecule has 12 unspecified atom stereocenters. The molecule has 4 aliphatic rings. The number of fused-ring (bicyclic) bond motifs is 9. The molecule has 0 heterocycles. The quantitative estimate of drug-likeness (QED) is 0.0868. The Labute approximate surface area is 359 Å². The molecule has 3 N–H and O–H groups in total. The van der Waals surface area contributed by atoms with Gasteiger partial charge in [0.15, 0.2) is 5.41 Å². The van der Waals surface area contributed by atoms with Gasteiger partial charge in [0, 0.05) is 5.56 Å². The van der Waals surface area contributed by atoms with E-state index in [4.69, 9.17) is 4.74 Å². The molecule has 0 amide bonds. The first-order valence-electron chi connectivity index (χ1n) is 20.6. The van der Waals surface area contributed by atoms with Gasteiger partial charge in [-0.05, 0) is 138 Å². The van der Waals surface area contributed by atoms with Gasteiger partial charge >= 0.3 is 54.1 Å². The SMILES string of the molecule is CC(CC(CC1C(C)C2CC1C1C3CC(CC3C(O)C(F)(F)C(O)(O)C(F)(F)F)C21)(C(=O)OC(C)(C)C)C(F)(F)F)c1ccc(C(OC(=O)OC(C)(C)C)(C(F)(F)F)C(F)(F)F)cc1. The molecule has 0 aliphatic heterocycles. The van der Waals surface area contributed by atoms with Crippen LogP contribution in [0.2, 0.25) is 0 Å². The second-order valence-corrected chi connectivity index (χ2v) is 20.3. The van der Waals surface area contributed by atoms with Crippen LogP contribution in [0.25, 0.3) is 0 Å². The van der Waals surface area contributed by atoms with Crippen molar-refractivity contribution >= 4 is 12.1 Å². The standard InChI is InChI=1S/C42H52F14O8/c1-18(20-9-11-22(12-10-20)36(40(48,49)50,41(51,52)53)64-32(59)63-34(6,7)8)16-35(39(45,46)47,31(58)62-33(3,4)5)17-27-19(2)23-15-25(27)29-24-13-21(28(23)29)14-26(24)30(57)37(43,44)38(60,61)42(54,55)56/h9-12,18-19,21,23-30,57,60-61H,13-17H2,1-8H3. The number of carbonyl (C=O) groups is 2. The minimum absolute atomic E-state index is 0.117. The van der Waals surface area contributed by atoms with Crippen molar-refractivity contribution in [2.75, 3.05) is 0 Å². The van der Waals surface area contributed by atoms with Crippen LogP contribution < -0.4 is 0 Å². The van der Waals surface area contributed by atoms with E-state index in [0.29, 0.717) is 12.1 Å². The Morgan fingerprint density at radius 1 is 0.672 bits per heavy atom. The lowest BCUT2D eigenvalue weighted by atomic mass is 9.57. The molecule has 0 spiro atoms. The average Bonchev–Trinajstić information content (AvgIpc) is 3.86. The first-order valence-corrected chi connectivity index (χ1v) is 20.6. The zero-order valence-corrected chi connectivity index (χ0v) is 35.9. The van der Waals surface area contributed by atoms with Crippen molar-refractivity contribution in [3.05, 3.63) is 35.4 Å². The van der Waals surface area contributed by atoms with E-state index in [1.165, 1.54) is 20.8 Å². The highest BCUT2D eigenvalue weighted by molar-refractivity contribution is 5.78. The topological polar surface area (TPSA) is 123 Å². The number of aliphatic hydroxyl groups is 3. The number of aliphatic hydroxyl groups excluding tert-OH is 1. The molecule has 1 aromatic rings. The molecule has 4 bridgehead atoms. The van der Waals surface area contributed by atoms with Crippen molar-refractivity contribution < 1.29 is 101 Å². The molecule has 12 atom stereocenters. The smallest absolute Gasteiger partial charge is 0.459 e. The second kappa shape index (κ2) is 16.0. The van der Waals surface area contributed by atoms with Crippen molar-refractivity contribution in [2.45, 2.75) is 153 Å². The van der Waals surface area contributed by atoms with Crippen molar-refractivity contribution in [3.8, 4) is 0 Å². The molecule has 1 aromatic carbocycles. The van der Waals surface area contributed by atoms with Crippen molar-refractivity contribution in [1.29, 1.82) is 0 Å². The number of halogens is 14. The summed E-state index contributed by atoms with van der Waals surface area (Å²) < 4.78 is 219. The predicted molar refractivity (Wildman–Crippen MR) is 195 cm³/mol. The normalized spacial score (nSPS) is 29.9. The largest absolute Gasteiger partial charge is 0.510 e. The Kier molecular flexibility index (Phi) is 13.0. The van der Waals surface area contributed by atoms with Crippen molar-refractivity contribution in [1.82, 2.24) is 0 Å². The van der Waals surface area contributed by atoms with Gasteiger partial charge in [-0.1, -0.05) is 38.1 Å². The van der Waals surface area contributed by atoms with Gasteiger partial charge in [-0.3, -0.25) is 4.79 Å². The molecular formula is C42H52F14O8. The molecule has 4 fully saturated rings. The molecule has 0 aromatic heterocycles. The fourth-order valence-corrected chi connectivity index (χ4v) is 11.6. The molecule has 0 radical (unpaired) electrons. The fourth-order valence-electron chi connectivity index (χ4n) is 11.6. The van der Waals surface area contributed by atoms with Crippen molar-refractivity contribution in [3.63, 3.8) is 0 Å². The lowest BCUT2D eigenvalue weighted by molar-refractivity contribution is -0.432. The van der Waals surface area contributed by atoms with Crippen LogP contribution in [0, 0.1) is 58.7 Å². The number of carbonyl (C=O) groups excluding carboxylic acids is 2. The molecule has 8 nitrogen and oxygen atoms in total. The lowest BCUT2D eigenvalue weighted by Gasteiger charge is -2.49. The minimum Gasteiger partial charge on any atom is -0.459 e. The summed E-state index contributed by atoms with van der Waals surface area (Å²) in [4.78, 5) is 26.4. The Bertz CT molecular complexity index is 1860. The number of rotatable bonds is 11. The number of benzene rings is 1. The first-order chi connectivity index (χ1) is 28.6. The number of hydrogen-bond donors (Lipinski definition) is 3. The van der Waals surface area contributed by atoms with Gasteiger partial charge in [0.05, 0.1) is 0 Å². The summed E-state index contributed by atoms with van der Waals surface area (Å²) in [5.41, 5.74) is -13.8. The van der Waals surface area contributed by atoms with Gasteiger partial charge in [0.1, 0.15) is 17.3 Å². The number of ether oxygens (including phenoxy) is 3. The molecule has 0 saturated heterocycles. The molecule has 4 saturated carbocycles. The van der Waals surface area contributed by atoms with Crippen LogP contribution in [0.1, 0.15) is 105 Å². The van der Waals surface area contributed by atoms with Crippen LogP contribution in [0.5, 0.6) is 0 Å². The molecular weight excluding hydrogens is 898 g/mol. The van der Waals surface area contributed by atoms with Crippen LogP contribution in [0.4, 0.5) is 66.3 Å². The first kappa shape index (κ1) is 51.8. The summed E-state index contributed by atoms with van der Waals surface area (Å²) >= 11 is 0. The van der Waals surface area contributed by atoms with E-state index in [1.807, 2.05) is 0 Å². The second-order valence-electron chi connectivity index (χ2n) is 20.3. The summed E-state index contributed by atoms with van der Waals surface area (Å²) in [5, 5.41) is 29.6. The Morgan fingerprint density at radius 2 is 1.19 bits per heavy atom. The highest BCUT2D eigenvalue weighted by Gasteiger charge is 2.77. The third kappa shape index (κ3) is 8.66. The fraction of sp³-hybridized carbons (Fsp3) is 0.810. The maximum atomic E-state index is 15.9. The van der Waals surface area contributed by atoms with Crippen LogP contribution in [-0.2, 0) is 24.6 Å². The van der Waals surface area contributed by atoms with Gasteiger partial charge in [-0.15, -0.1) is 0 Å². The summed E-state index contributed by atoms with van der Waals surface area (Å²) in [6.07, 6.45) is -32.0. The molecule has 4 aliphatic carbocycles. The average molecular weight is 951 g/mol. The summed E-state index contributed by atoms with van der Waals surface area (Å²) in [6.45, 7) is 10.1. The summed E-state index contributed by atoms with van der Waals surface area (Å²) in [7, 11) is 0. The Hall–Kier alpha value is -3.14. The summed E-state index contributed by atoms with van der Waals surface area (Å²) in [6, 6.07) is 1.87. The zero-order valence-electron chi connectivity index (χ0n) is 35.9. The van der Waals surface area contributed by atoms with E-state index in [0.717, 1.165) is 27.7 Å². The van der Waals surface area contributed by atoms with Crippen LogP contribution in [0.15, 0.2) is 24.3 Å². The minimum atomic E-state index is -6.35. The molecule has 64 heavy (non-hydrogen) atoms. The number of hydrogen-bond acceptors (Lipinski definition) is 8. The number of esters is 1. The Balaban J connectivity index is 1.51. The van der Waals surface area contributed by atoms with E-state index in [2.05, 4.69) is 9.47 Å². The van der Waals surface area contributed by atoms with E-state index in [1.54, 1.807) is 6.92 Å². The monoisotopic (exact) mass is 950 g/mol. The van der Waals surface area contributed by atoms with Crippen LogP contribution in [-0.4, -0.2) is 81.2 Å². The van der Waals surface area contributed by atoms with E-state index in [9.17, 15) is 64.4 Å². The maximum Gasteiger partial charge on any atom is 0.510 e. The number of alkyl halides is 14. The van der Waals surface area contributed by atoms with Gasteiger partial charge in [0.2, 0.25) is 0 Å². The third-order valence-corrected chi connectivity index (χ3v) is 14.1. The highest BCUT2D eigenvalue weighted by atomic mass is 19.4. The van der Waals surface area contributed by atoms with Crippen LogP contribution in [0.3, 0.4) is 0 Å². The maximum absolute atomic E-state index is 15.9. The highest BCUT2D eigenvalue weighted by Crippen LogP contribution is 2.74. The van der Waals surface area contributed by atoms with E-state index in [-0.39, 0.29) is 48.8 Å². The van der Waals surface area contributed by atoms with E-state index >= 15 is 22.0 Å². The molecule has 22 heteroatoms. The van der Waals surface area contributed by atoms with Gasteiger partial charge in [-0.2, -0.15) is 61.5 Å². The van der Waals surface area contributed by atoms with Crippen LogP contribution >= 0.6 is 0 Å². The molecule has 5 rings (SSSR count). The van der Waals surface area contributed by atoms with E-state index < -0.39 is 143 Å². The van der Waals surface area contributed by atoms with Crippen molar-refractivity contribution in [2.24, 2.45) is 58.7 Å².